The summed E-state index contributed by atoms with van der Waals surface area (Å²) in [5.41, 5.74) is 0.557. The first kappa shape index (κ1) is 20.7. The van der Waals surface area contributed by atoms with Gasteiger partial charge in [0.2, 0.25) is 0 Å². The molecule has 0 saturated heterocycles. The van der Waals surface area contributed by atoms with Gasteiger partial charge in [0.25, 0.3) is 11.8 Å². The Hall–Kier alpha value is -2.64. The standard InChI is InChI=1S/C19H21ClFN3O3/c1-12(19(26)23-15-7-5-4-6-14(15)21)24(2)11-18(25)22-16-10-13(20)8-9-17(16)27-3/h4-10,12H,11H2,1-3H3,(H,22,25)(H,23,26)/p+1/t12-/m0/s1. The number of carbonyl (C=O) groups excluding carboxylic acids is 2. The van der Waals surface area contributed by atoms with Gasteiger partial charge in [0.1, 0.15) is 11.6 Å². The quantitative estimate of drug-likeness (QED) is 0.672. The van der Waals surface area contributed by atoms with E-state index in [2.05, 4.69) is 10.6 Å². The molecule has 144 valence electrons. The third-order valence-electron chi connectivity index (χ3n) is 4.14. The van der Waals surface area contributed by atoms with Crippen LogP contribution in [0, 0.1) is 5.82 Å². The van der Waals surface area contributed by atoms with Gasteiger partial charge in [-0.05, 0) is 37.3 Å². The number of methoxy groups -OCH3 is 1. The molecule has 0 spiro atoms. The van der Waals surface area contributed by atoms with E-state index in [-0.39, 0.29) is 24.0 Å². The van der Waals surface area contributed by atoms with E-state index in [1.165, 1.54) is 19.2 Å². The van der Waals surface area contributed by atoms with Crippen LogP contribution in [0.4, 0.5) is 15.8 Å². The predicted molar refractivity (Wildman–Crippen MR) is 103 cm³/mol. The number of amides is 2. The second kappa shape index (κ2) is 9.34. The highest BCUT2D eigenvalue weighted by molar-refractivity contribution is 6.31. The van der Waals surface area contributed by atoms with E-state index in [1.54, 1.807) is 44.3 Å². The van der Waals surface area contributed by atoms with Crippen LogP contribution in [-0.2, 0) is 9.59 Å². The molecule has 2 aromatic rings. The second-order valence-corrected chi connectivity index (χ2v) is 6.54. The Labute approximate surface area is 162 Å². The van der Waals surface area contributed by atoms with Crippen LogP contribution in [0.15, 0.2) is 42.5 Å². The van der Waals surface area contributed by atoms with Crippen molar-refractivity contribution in [2.45, 2.75) is 13.0 Å². The number of hydrogen-bond acceptors (Lipinski definition) is 3. The molecule has 6 nitrogen and oxygen atoms in total. The van der Waals surface area contributed by atoms with Gasteiger partial charge in [0.05, 0.1) is 25.5 Å². The molecule has 0 aliphatic heterocycles. The Morgan fingerprint density at radius 3 is 2.56 bits per heavy atom. The van der Waals surface area contributed by atoms with Crippen molar-refractivity contribution in [3.63, 3.8) is 0 Å². The molecular formula is C19H22ClFN3O3+. The SMILES string of the molecule is COc1ccc(Cl)cc1NC(=O)C[NH+](C)[C@@H](C)C(=O)Nc1ccccc1F. The number of para-hydroxylation sites is 1. The molecule has 2 amide bonds. The van der Waals surface area contributed by atoms with E-state index >= 15 is 0 Å². The largest absolute Gasteiger partial charge is 0.495 e. The van der Waals surface area contributed by atoms with Gasteiger partial charge in [-0.3, -0.25) is 9.59 Å². The molecule has 2 aromatic carbocycles. The fourth-order valence-electron chi connectivity index (χ4n) is 2.41. The molecule has 0 aromatic heterocycles. The molecule has 2 atom stereocenters. The monoisotopic (exact) mass is 394 g/mol. The molecule has 3 N–H and O–H groups in total. The average Bonchev–Trinajstić information content (AvgIpc) is 2.63. The number of ether oxygens (including phenoxy) is 1. The van der Waals surface area contributed by atoms with Crippen LogP contribution in [0.3, 0.4) is 0 Å². The number of hydrogen-bond donors (Lipinski definition) is 3. The zero-order valence-electron chi connectivity index (χ0n) is 15.3. The van der Waals surface area contributed by atoms with Crippen molar-refractivity contribution < 1.29 is 23.6 Å². The summed E-state index contributed by atoms with van der Waals surface area (Å²) in [5.74, 6) is -0.721. The zero-order chi connectivity index (χ0) is 20.0. The van der Waals surface area contributed by atoms with Crippen molar-refractivity contribution in [3.8, 4) is 5.75 Å². The third-order valence-corrected chi connectivity index (χ3v) is 4.37. The van der Waals surface area contributed by atoms with E-state index in [0.717, 1.165) is 0 Å². The fourth-order valence-corrected chi connectivity index (χ4v) is 2.58. The minimum absolute atomic E-state index is 0.0293. The maximum atomic E-state index is 13.7. The smallest absolute Gasteiger partial charge is 0.282 e. The molecule has 8 heteroatoms. The molecule has 0 fully saturated rings. The van der Waals surface area contributed by atoms with Crippen LogP contribution >= 0.6 is 11.6 Å². The van der Waals surface area contributed by atoms with Crippen molar-refractivity contribution in [3.05, 3.63) is 53.3 Å². The summed E-state index contributed by atoms with van der Waals surface area (Å²) >= 11 is 5.95. The molecule has 0 saturated carbocycles. The van der Waals surface area contributed by atoms with Gasteiger partial charge in [-0.2, -0.15) is 0 Å². The van der Waals surface area contributed by atoms with E-state index in [4.69, 9.17) is 16.3 Å². The molecule has 0 heterocycles. The minimum Gasteiger partial charge on any atom is -0.495 e. The van der Waals surface area contributed by atoms with Crippen molar-refractivity contribution in [1.82, 2.24) is 0 Å². The van der Waals surface area contributed by atoms with Crippen LogP contribution in [0.25, 0.3) is 0 Å². The number of halogens is 2. The second-order valence-electron chi connectivity index (χ2n) is 6.11. The summed E-state index contributed by atoms with van der Waals surface area (Å²) < 4.78 is 18.9. The molecule has 0 aliphatic rings. The molecule has 0 aliphatic carbocycles. The van der Waals surface area contributed by atoms with E-state index in [9.17, 15) is 14.0 Å². The first-order chi connectivity index (χ1) is 12.8. The number of anilines is 2. The summed E-state index contributed by atoms with van der Waals surface area (Å²) in [4.78, 5) is 25.3. The van der Waals surface area contributed by atoms with Gasteiger partial charge in [0, 0.05) is 5.02 Å². The van der Waals surface area contributed by atoms with Gasteiger partial charge in [-0.15, -0.1) is 0 Å². The Morgan fingerprint density at radius 2 is 1.89 bits per heavy atom. The van der Waals surface area contributed by atoms with Crippen LogP contribution in [-0.4, -0.2) is 38.6 Å². The lowest BCUT2D eigenvalue weighted by Gasteiger charge is -2.21. The molecule has 0 radical (unpaired) electrons. The number of rotatable bonds is 7. The van der Waals surface area contributed by atoms with Gasteiger partial charge in [0.15, 0.2) is 12.6 Å². The van der Waals surface area contributed by atoms with Gasteiger partial charge >= 0.3 is 0 Å². The Morgan fingerprint density at radius 1 is 1.19 bits per heavy atom. The maximum Gasteiger partial charge on any atom is 0.282 e. The Kier molecular flexibility index (Phi) is 7.15. The van der Waals surface area contributed by atoms with Gasteiger partial charge in [-0.25, -0.2) is 4.39 Å². The highest BCUT2D eigenvalue weighted by Crippen LogP contribution is 2.27. The average molecular weight is 395 g/mol. The van der Waals surface area contributed by atoms with Crippen molar-refractivity contribution in [2.24, 2.45) is 0 Å². The third kappa shape index (κ3) is 5.67. The van der Waals surface area contributed by atoms with E-state index < -0.39 is 11.9 Å². The van der Waals surface area contributed by atoms with Crippen molar-refractivity contribution in [2.75, 3.05) is 31.3 Å². The topological polar surface area (TPSA) is 71.9 Å². The molecule has 0 bridgehead atoms. The summed E-state index contributed by atoms with van der Waals surface area (Å²) in [5, 5.41) is 5.72. The normalized spacial score (nSPS) is 12.8. The zero-order valence-corrected chi connectivity index (χ0v) is 16.1. The highest BCUT2D eigenvalue weighted by Gasteiger charge is 2.25. The lowest BCUT2D eigenvalue weighted by Crippen LogP contribution is -3.14. The van der Waals surface area contributed by atoms with Crippen LogP contribution < -0.4 is 20.3 Å². The minimum atomic E-state index is -0.573. The lowest BCUT2D eigenvalue weighted by atomic mass is 10.2. The van der Waals surface area contributed by atoms with Crippen LogP contribution in [0.1, 0.15) is 6.92 Å². The first-order valence-electron chi connectivity index (χ1n) is 8.33. The highest BCUT2D eigenvalue weighted by atomic mass is 35.5. The number of nitrogens with one attached hydrogen (secondary N) is 3. The van der Waals surface area contributed by atoms with Gasteiger partial charge < -0.3 is 20.3 Å². The summed E-state index contributed by atoms with van der Waals surface area (Å²) in [7, 11) is 3.20. The summed E-state index contributed by atoms with van der Waals surface area (Å²) in [6, 6.07) is 10.2. The molecule has 27 heavy (non-hydrogen) atoms. The van der Waals surface area contributed by atoms with Crippen molar-refractivity contribution in [1.29, 1.82) is 0 Å². The van der Waals surface area contributed by atoms with E-state index in [1.807, 2.05) is 0 Å². The number of benzene rings is 2. The summed E-state index contributed by atoms with van der Waals surface area (Å²) in [6.07, 6.45) is 0. The Balaban J connectivity index is 1.96. The first-order valence-corrected chi connectivity index (χ1v) is 8.70. The molecule has 1 unspecified atom stereocenters. The summed E-state index contributed by atoms with van der Waals surface area (Å²) in [6.45, 7) is 1.69. The maximum absolute atomic E-state index is 13.7. The predicted octanol–water partition coefficient (Wildman–Crippen LogP) is 1.97. The molecular weight excluding hydrogens is 373 g/mol. The number of likely N-dealkylation sites (N-methyl/N-ethyl adjacent to an activating group) is 1. The molecule has 2 rings (SSSR count). The van der Waals surface area contributed by atoms with Gasteiger partial charge in [-0.1, -0.05) is 23.7 Å². The fraction of sp³-hybridized carbons (Fsp3) is 0.263. The van der Waals surface area contributed by atoms with Crippen LogP contribution in [0.2, 0.25) is 5.02 Å². The van der Waals surface area contributed by atoms with E-state index in [0.29, 0.717) is 21.4 Å². The van der Waals surface area contributed by atoms with Crippen molar-refractivity contribution >= 4 is 34.8 Å². The number of quaternary nitrogens is 1. The lowest BCUT2D eigenvalue weighted by molar-refractivity contribution is -0.885. The number of carbonyl (C=O) groups is 2. The van der Waals surface area contributed by atoms with Crippen LogP contribution in [0.5, 0.6) is 5.75 Å². The Bertz CT molecular complexity index is 832.